The summed E-state index contributed by atoms with van der Waals surface area (Å²) in [4.78, 5) is 15.0. The van der Waals surface area contributed by atoms with Gasteiger partial charge in [-0.25, -0.2) is 0 Å². The SMILES string of the molecule is Cc1ccccc1C(C)CC(=O)N1C2CCNCC1CC2. The summed E-state index contributed by atoms with van der Waals surface area (Å²) in [7, 11) is 0. The van der Waals surface area contributed by atoms with Crippen LogP contribution in [-0.2, 0) is 4.79 Å². The zero-order valence-electron chi connectivity index (χ0n) is 13.1. The number of carbonyl (C=O) groups excluding carboxylic acids is 1. The Morgan fingerprint density at radius 2 is 2.05 bits per heavy atom. The van der Waals surface area contributed by atoms with Crippen LogP contribution in [0.4, 0.5) is 0 Å². The molecule has 0 aliphatic carbocycles. The van der Waals surface area contributed by atoms with E-state index in [1.807, 2.05) is 0 Å². The number of hydrogen-bond donors (Lipinski definition) is 1. The highest BCUT2D eigenvalue weighted by molar-refractivity contribution is 5.78. The van der Waals surface area contributed by atoms with Gasteiger partial charge in [0, 0.05) is 25.0 Å². The van der Waals surface area contributed by atoms with E-state index in [4.69, 9.17) is 0 Å². The van der Waals surface area contributed by atoms with Crippen LogP contribution in [0.25, 0.3) is 0 Å². The van der Waals surface area contributed by atoms with Crippen LogP contribution in [0, 0.1) is 6.92 Å². The lowest BCUT2D eigenvalue weighted by molar-refractivity contribution is -0.134. The lowest BCUT2D eigenvalue weighted by atomic mass is 9.93. The molecular formula is C18H26N2O. The first-order valence-corrected chi connectivity index (χ1v) is 8.24. The quantitative estimate of drug-likeness (QED) is 0.926. The number of aryl methyl sites for hydroxylation is 1. The topological polar surface area (TPSA) is 32.3 Å². The Kier molecular flexibility index (Phi) is 4.29. The van der Waals surface area contributed by atoms with Crippen molar-refractivity contribution in [1.82, 2.24) is 10.2 Å². The second kappa shape index (κ2) is 6.18. The van der Waals surface area contributed by atoms with Crippen molar-refractivity contribution in [2.45, 2.75) is 57.5 Å². The number of fused-ring (bicyclic) bond motifs is 2. The first kappa shape index (κ1) is 14.6. The van der Waals surface area contributed by atoms with Crippen molar-refractivity contribution in [3.63, 3.8) is 0 Å². The van der Waals surface area contributed by atoms with Gasteiger partial charge >= 0.3 is 0 Å². The summed E-state index contributed by atoms with van der Waals surface area (Å²) in [6.07, 6.45) is 4.11. The molecule has 3 rings (SSSR count). The summed E-state index contributed by atoms with van der Waals surface area (Å²) in [5.41, 5.74) is 2.60. The Hall–Kier alpha value is -1.35. The van der Waals surface area contributed by atoms with Crippen molar-refractivity contribution in [3.8, 4) is 0 Å². The van der Waals surface area contributed by atoms with E-state index < -0.39 is 0 Å². The number of nitrogens with one attached hydrogen (secondary N) is 1. The van der Waals surface area contributed by atoms with Crippen LogP contribution in [-0.4, -0.2) is 36.0 Å². The Morgan fingerprint density at radius 1 is 1.29 bits per heavy atom. The van der Waals surface area contributed by atoms with Gasteiger partial charge in [0.25, 0.3) is 0 Å². The first-order chi connectivity index (χ1) is 10.2. The molecule has 0 aromatic heterocycles. The smallest absolute Gasteiger partial charge is 0.223 e. The summed E-state index contributed by atoms with van der Waals surface area (Å²) in [6, 6.07) is 9.33. The van der Waals surface area contributed by atoms with Crippen LogP contribution >= 0.6 is 0 Å². The molecule has 114 valence electrons. The zero-order valence-corrected chi connectivity index (χ0v) is 13.1. The average Bonchev–Trinajstić information content (AvgIpc) is 2.72. The van der Waals surface area contributed by atoms with E-state index in [1.54, 1.807) is 0 Å². The second-order valence-corrected chi connectivity index (χ2v) is 6.64. The number of benzene rings is 1. The van der Waals surface area contributed by atoms with Crippen molar-refractivity contribution < 1.29 is 4.79 Å². The van der Waals surface area contributed by atoms with Crippen LogP contribution in [0.15, 0.2) is 24.3 Å². The number of carbonyl (C=O) groups is 1. The Balaban J connectivity index is 1.70. The number of hydrogen-bond acceptors (Lipinski definition) is 2. The van der Waals surface area contributed by atoms with Gasteiger partial charge < -0.3 is 10.2 Å². The Labute approximate surface area is 127 Å². The lowest BCUT2D eigenvalue weighted by Gasteiger charge is -2.29. The number of nitrogens with zero attached hydrogens (tertiary/aromatic N) is 1. The molecule has 1 aromatic rings. The van der Waals surface area contributed by atoms with Crippen LogP contribution < -0.4 is 5.32 Å². The van der Waals surface area contributed by atoms with Crippen LogP contribution in [0.3, 0.4) is 0 Å². The molecule has 1 amide bonds. The highest BCUT2D eigenvalue weighted by atomic mass is 16.2. The predicted molar refractivity (Wildman–Crippen MR) is 85.4 cm³/mol. The van der Waals surface area contributed by atoms with E-state index in [1.165, 1.54) is 24.0 Å². The van der Waals surface area contributed by atoms with Gasteiger partial charge in [-0.3, -0.25) is 4.79 Å². The maximum absolute atomic E-state index is 12.8. The van der Waals surface area contributed by atoms with E-state index in [0.717, 1.165) is 19.5 Å². The van der Waals surface area contributed by atoms with Crippen LogP contribution in [0.5, 0.6) is 0 Å². The summed E-state index contributed by atoms with van der Waals surface area (Å²) in [5, 5.41) is 3.46. The minimum Gasteiger partial charge on any atom is -0.335 e. The molecule has 3 atom stereocenters. The van der Waals surface area contributed by atoms with Gasteiger partial charge in [-0.1, -0.05) is 31.2 Å². The molecule has 0 saturated carbocycles. The monoisotopic (exact) mass is 286 g/mol. The third-order valence-electron chi connectivity index (χ3n) is 5.14. The van der Waals surface area contributed by atoms with Gasteiger partial charge in [-0.15, -0.1) is 0 Å². The van der Waals surface area contributed by atoms with Crippen molar-refractivity contribution in [2.24, 2.45) is 0 Å². The Morgan fingerprint density at radius 3 is 2.86 bits per heavy atom. The molecule has 2 fully saturated rings. The van der Waals surface area contributed by atoms with Crippen molar-refractivity contribution in [2.75, 3.05) is 13.1 Å². The normalized spacial score (nSPS) is 26.5. The van der Waals surface area contributed by atoms with Gasteiger partial charge in [0.05, 0.1) is 0 Å². The standard InChI is InChI=1S/C18H26N2O/c1-13-5-3-4-6-17(13)14(2)11-18(21)20-15-7-8-16(20)12-19-10-9-15/h3-6,14-16,19H,7-12H2,1-2H3. The third kappa shape index (κ3) is 2.98. The summed E-state index contributed by atoms with van der Waals surface area (Å²) in [5.74, 6) is 0.649. The molecule has 3 unspecified atom stereocenters. The molecule has 21 heavy (non-hydrogen) atoms. The van der Waals surface area contributed by atoms with Gasteiger partial charge in [0.2, 0.25) is 5.91 Å². The third-order valence-corrected chi connectivity index (χ3v) is 5.14. The molecular weight excluding hydrogens is 260 g/mol. The molecule has 0 radical (unpaired) electrons. The molecule has 2 bridgehead atoms. The van der Waals surface area contributed by atoms with Gasteiger partial charge in [0.15, 0.2) is 0 Å². The van der Waals surface area contributed by atoms with Crippen molar-refractivity contribution in [1.29, 1.82) is 0 Å². The fourth-order valence-electron chi connectivity index (χ4n) is 4.01. The molecule has 1 N–H and O–H groups in total. The molecule has 2 aliphatic heterocycles. The largest absolute Gasteiger partial charge is 0.335 e. The average molecular weight is 286 g/mol. The highest BCUT2D eigenvalue weighted by Gasteiger charge is 2.38. The lowest BCUT2D eigenvalue weighted by Crippen LogP contribution is -2.42. The zero-order chi connectivity index (χ0) is 14.8. The second-order valence-electron chi connectivity index (χ2n) is 6.64. The minimum atomic E-state index is 0.300. The molecule has 2 saturated heterocycles. The molecule has 1 aromatic carbocycles. The number of rotatable bonds is 3. The predicted octanol–water partition coefficient (Wildman–Crippen LogP) is 2.84. The van der Waals surface area contributed by atoms with Gasteiger partial charge in [-0.2, -0.15) is 0 Å². The first-order valence-electron chi connectivity index (χ1n) is 8.24. The summed E-state index contributed by atoms with van der Waals surface area (Å²) >= 11 is 0. The van der Waals surface area contributed by atoms with E-state index in [-0.39, 0.29) is 0 Å². The van der Waals surface area contributed by atoms with Gasteiger partial charge in [-0.05, 0) is 49.8 Å². The molecule has 3 heteroatoms. The maximum Gasteiger partial charge on any atom is 0.223 e. The van der Waals surface area contributed by atoms with Crippen LogP contribution in [0.2, 0.25) is 0 Å². The molecule has 2 aliphatic rings. The fourth-order valence-corrected chi connectivity index (χ4v) is 4.01. The van der Waals surface area contributed by atoms with Crippen LogP contribution in [0.1, 0.15) is 49.7 Å². The van der Waals surface area contributed by atoms with Gasteiger partial charge in [0.1, 0.15) is 0 Å². The molecule has 0 spiro atoms. The van der Waals surface area contributed by atoms with Crippen molar-refractivity contribution >= 4 is 5.91 Å². The maximum atomic E-state index is 12.8. The van der Waals surface area contributed by atoms with E-state index in [0.29, 0.717) is 30.3 Å². The van der Waals surface area contributed by atoms with E-state index >= 15 is 0 Å². The highest BCUT2D eigenvalue weighted by Crippen LogP contribution is 2.31. The minimum absolute atomic E-state index is 0.300. The van der Waals surface area contributed by atoms with E-state index in [9.17, 15) is 4.79 Å². The Bertz CT molecular complexity index is 500. The summed E-state index contributed by atoms with van der Waals surface area (Å²) in [6.45, 7) is 6.34. The van der Waals surface area contributed by atoms with Crippen molar-refractivity contribution in [3.05, 3.63) is 35.4 Å². The fraction of sp³-hybridized carbons (Fsp3) is 0.611. The van der Waals surface area contributed by atoms with E-state index in [2.05, 4.69) is 48.3 Å². The molecule has 2 heterocycles. The summed E-state index contributed by atoms with van der Waals surface area (Å²) < 4.78 is 0. The number of amides is 1. The molecule has 3 nitrogen and oxygen atoms in total.